The summed E-state index contributed by atoms with van der Waals surface area (Å²) >= 11 is 0. The number of hydrogen-bond acceptors (Lipinski definition) is 1. The summed E-state index contributed by atoms with van der Waals surface area (Å²) < 4.78 is 38.9. The fraction of sp³-hybridized carbons (Fsp3) is 0.188. The Bertz CT molecular complexity index is 853. The molecule has 0 aliphatic heterocycles. The van der Waals surface area contributed by atoms with Gasteiger partial charge in [-0.3, -0.25) is 4.99 Å². The van der Waals surface area contributed by atoms with Gasteiger partial charge in [-0.15, -0.1) is 0 Å². The first-order valence-corrected chi connectivity index (χ1v) is 6.73. The first kappa shape index (κ1) is 14.4. The van der Waals surface area contributed by atoms with Crippen LogP contribution in [0.1, 0.15) is 22.5 Å². The molecule has 0 fully saturated rings. The zero-order valence-corrected chi connectivity index (χ0v) is 12.0. The number of H-pyrrole nitrogens is 2. The Balaban J connectivity index is 2.09. The molecule has 0 saturated carbocycles. The van der Waals surface area contributed by atoms with Gasteiger partial charge >= 0.3 is 6.18 Å². The van der Waals surface area contributed by atoms with Crippen molar-refractivity contribution >= 4 is 22.8 Å². The monoisotopic (exact) mass is 305 g/mol. The van der Waals surface area contributed by atoms with Crippen LogP contribution < -0.4 is 0 Å². The number of rotatable bonds is 2. The molecule has 0 amide bonds. The van der Waals surface area contributed by atoms with Gasteiger partial charge in [0.15, 0.2) is 0 Å². The van der Waals surface area contributed by atoms with Crippen molar-refractivity contribution in [1.82, 2.24) is 9.97 Å². The van der Waals surface area contributed by atoms with Crippen LogP contribution in [0.2, 0.25) is 0 Å². The Labute approximate surface area is 124 Å². The maximum Gasteiger partial charge on any atom is 0.416 e. The van der Waals surface area contributed by atoms with Crippen molar-refractivity contribution < 1.29 is 13.2 Å². The van der Waals surface area contributed by atoms with Crippen molar-refractivity contribution in [2.75, 3.05) is 0 Å². The lowest BCUT2D eigenvalue weighted by Crippen LogP contribution is -2.04. The average Bonchev–Trinajstić information content (AvgIpc) is 3.01. The van der Waals surface area contributed by atoms with Crippen LogP contribution in [0.15, 0.2) is 35.5 Å². The van der Waals surface area contributed by atoms with E-state index in [0.717, 1.165) is 29.1 Å². The molecule has 6 heteroatoms. The van der Waals surface area contributed by atoms with E-state index in [0.29, 0.717) is 10.9 Å². The summed E-state index contributed by atoms with van der Waals surface area (Å²) in [5.41, 5.74) is 2.91. The number of fused-ring (bicyclic) bond motifs is 1. The molecule has 0 spiro atoms. The number of halogens is 3. The maximum atomic E-state index is 13.0. The number of benzene rings is 1. The van der Waals surface area contributed by atoms with Crippen LogP contribution in [-0.2, 0) is 6.18 Å². The predicted molar refractivity (Wildman–Crippen MR) is 80.8 cm³/mol. The number of aromatic amines is 2. The lowest BCUT2D eigenvalue weighted by molar-refractivity contribution is -0.137. The number of aliphatic imine (C=N–C) groups is 1. The van der Waals surface area contributed by atoms with Crippen LogP contribution >= 0.6 is 0 Å². The summed E-state index contributed by atoms with van der Waals surface area (Å²) in [6.07, 6.45) is -1.24. The highest BCUT2D eigenvalue weighted by Gasteiger charge is 2.31. The fourth-order valence-corrected chi connectivity index (χ4v) is 2.44. The van der Waals surface area contributed by atoms with Crippen LogP contribution in [0.4, 0.5) is 18.9 Å². The van der Waals surface area contributed by atoms with Gasteiger partial charge in [-0.1, -0.05) is 0 Å². The van der Waals surface area contributed by atoms with Crippen LogP contribution in [0.5, 0.6) is 0 Å². The van der Waals surface area contributed by atoms with Gasteiger partial charge in [0.05, 0.1) is 28.7 Å². The molecular formula is C16H14F3N3. The quantitative estimate of drug-likeness (QED) is 0.634. The van der Waals surface area contributed by atoms with Crippen molar-refractivity contribution in [1.29, 1.82) is 0 Å². The molecule has 0 saturated heterocycles. The summed E-state index contributed by atoms with van der Waals surface area (Å²) in [6.45, 7) is 3.83. The second-order valence-corrected chi connectivity index (χ2v) is 5.24. The zero-order valence-electron chi connectivity index (χ0n) is 12.0. The molecule has 22 heavy (non-hydrogen) atoms. The van der Waals surface area contributed by atoms with E-state index in [-0.39, 0.29) is 5.69 Å². The minimum Gasteiger partial charge on any atom is -0.359 e. The van der Waals surface area contributed by atoms with Crippen LogP contribution in [0.25, 0.3) is 10.9 Å². The third-order valence-electron chi connectivity index (χ3n) is 3.49. The van der Waals surface area contributed by atoms with Crippen molar-refractivity contribution in [3.63, 3.8) is 0 Å². The summed E-state index contributed by atoms with van der Waals surface area (Å²) in [5, 5.41) is 0.487. The van der Waals surface area contributed by atoms with Gasteiger partial charge < -0.3 is 9.97 Å². The smallest absolute Gasteiger partial charge is 0.359 e. The summed E-state index contributed by atoms with van der Waals surface area (Å²) in [4.78, 5) is 10.3. The lowest BCUT2D eigenvalue weighted by Gasteiger charge is -2.08. The minimum atomic E-state index is -4.39. The lowest BCUT2D eigenvalue weighted by atomic mass is 10.1. The molecule has 0 unspecified atom stereocenters. The first-order chi connectivity index (χ1) is 10.3. The number of hydrogen-bond donors (Lipinski definition) is 2. The predicted octanol–water partition coefficient (Wildman–Crippen LogP) is 4.88. The van der Waals surface area contributed by atoms with E-state index < -0.39 is 11.7 Å². The summed E-state index contributed by atoms with van der Waals surface area (Å²) in [7, 11) is 0. The standard InChI is InChI=1S/C16H14F3N3/c1-9-5-10(2)22-14(9)8-21-13-7-12(16(17,18)19)6-11-3-4-20-15(11)13/h3-8,20,22H,1-2H3/b21-8+. The third kappa shape index (κ3) is 2.64. The topological polar surface area (TPSA) is 43.9 Å². The highest BCUT2D eigenvalue weighted by atomic mass is 19.4. The Morgan fingerprint density at radius 2 is 1.91 bits per heavy atom. The molecule has 114 valence electrons. The molecule has 0 bridgehead atoms. The first-order valence-electron chi connectivity index (χ1n) is 6.73. The molecule has 0 aliphatic carbocycles. The van der Waals surface area contributed by atoms with E-state index in [9.17, 15) is 13.2 Å². The molecule has 2 heterocycles. The molecular weight excluding hydrogens is 291 g/mol. The Hall–Kier alpha value is -2.50. The third-order valence-corrected chi connectivity index (χ3v) is 3.49. The van der Waals surface area contributed by atoms with E-state index in [1.54, 1.807) is 18.5 Å². The highest BCUT2D eigenvalue weighted by Crippen LogP contribution is 2.36. The largest absolute Gasteiger partial charge is 0.416 e. The van der Waals surface area contributed by atoms with Crippen molar-refractivity contribution in [3.05, 3.63) is 53.0 Å². The van der Waals surface area contributed by atoms with E-state index in [4.69, 9.17) is 0 Å². The number of nitrogens with one attached hydrogen (secondary N) is 2. The van der Waals surface area contributed by atoms with E-state index >= 15 is 0 Å². The van der Waals surface area contributed by atoms with Gasteiger partial charge in [0.2, 0.25) is 0 Å². The van der Waals surface area contributed by atoms with Gasteiger partial charge in [0.25, 0.3) is 0 Å². The molecule has 0 aliphatic rings. The van der Waals surface area contributed by atoms with E-state index in [2.05, 4.69) is 15.0 Å². The van der Waals surface area contributed by atoms with Gasteiger partial charge in [-0.05, 0) is 43.7 Å². The minimum absolute atomic E-state index is 0.265. The number of aromatic nitrogens is 2. The molecule has 1 aromatic carbocycles. The van der Waals surface area contributed by atoms with Gasteiger partial charge in [0, 0.05) is 17.3 Å². The van der Waals surface area contributed by atoms with Gasteiger partial charge in [-0.25, -0.2) is 0 Å². The van der Waals surface area contributed by atoms with Crippen LogP contribution in [0.3, 0.4) is 0 Å². The molecule has 3 nitrogen and oxygen atoms in total. The SMILES string of the molecule is Cc1cc(C)c(/C=N/c2cc(C(F)(F)F)cc3cc[nH]c23)[nH]1. The van der Waals surface area contributed by atoms with Gasteiger partial charge in [-0.2, -0.15) is 13.2 Å². The molecule has 2 aromatic heterocycles. The molecule has 0 radical (unpaired) electrons. The van der Waals surface area contributed by atoms with Crippen LogP contribution in [-0.4, -0.2) is 16.2 Å². The Kier molecular flexibility index (Phi) is 3.31. The van der Waals surface area contributed by atoms with Crippen molar-refractivity contribution in [2.45, 2.75) is 20.0 Å². The average molecular weight is 305 g/mol. The molecule has 0 atom stereocenters. The Morgan fingerprint density at radius 1 is 1.14 bits per heavy atom. The number of aryl methyl sites for hydroxylation is 2. The van der Waals surface area contributed by atoms with E-state index in [1.165, 1.54) is 0 Å². The zero-order chi connectivity index (χ0) is 15.9. The van der Waals surface area contributed by atoms with E-state index in [1.807, 2.05) is 19.9 Å². The van der Waals surface area contributed by atoms with Crippen molar-refractivity contribution in [2.24, 2.45) is 4.99 Å². The molecule has 3 aromatic rings. The second kappa shape index (κ2) is 5.05. The molecule has 3 rings (SSSR count). The maximum absolute atomic E-state index is 13.0. The Morgan fingerprint density at radius 3 is 2.55 bits per heavy atom. The number of alkyl halides is 3. The van der Waals surface area contributed by atoms with Crippen molar-refractivity contribution in [3.8, 4) is 0 Å². The molecule has 2 N–H and O–H groups in total. The number of nitrogens with zero attached hydrogens (tertiary/aromatic N) is 1. The normalized spacial score (nSPS) is 12.6. The second-order valence-electron chi connectivity index (χ2n) is 5.24. The summed E-state index contributed by atoms with van der Waals surface area (Å²) in [5.74, 6) is 0. The van der Waals surface area contributed by atoms with Gasteiger partial charge in [0.1, 0.15) is 0 Å². The highest BCUT2D eigenvalue weighted by molar-refractivity contribution is 5.93. The summed E-state index contributed by atoms with van der Waals surface area (Å²) in [6, 6.07) is 5.74. The fourth-order valence-electron chi connectivity index (χ4n) is 2.44. The van der Waals surface area contributed by atoms with Crippen LogP contribution in [0, 0.1) is 13.8 Å².